The van der Waals surface area contributed by atoms with Gasteiger partial charge < -0.3 is 30.7 Å². The van der Waals surface area contributed by atoms with E-state index < -0.39 is 0 Å². The van der Waals surface area contributed by atoms with Crippen molar-refractivity contribution in [1.29, 1.82) is 0 Å². The summed E-state index contributed by atoms with van der Waals surface area (Å²) < 4.78 is 6.44. The number of rotatable bonds is 8. The summed E-state index contributed by atoms with van der Waals surface area (Å²) in [6.07, 6.45) is 7.08. The fourth-order valence-electron chi connectivity index (χ4n) is 6.90. The van der Waals surface area contributed by atoms with Gasteiger partial charge in [-0.15, -0.1) is 0 Å². The molecule has 2 aliphatic heterocycles. The molecule has 0 bridgehead atoms. The summed E-state index contributed by atoms with van der Waals surface area (Å²) in [5, 5.41) is 13.6. The molecule has 2 saturated heterocycles. The Balaban J connectivity index is 1.30. The Labute approximate surface area is 255 Å². The van der Waals surface area contributed by atoms with Crippen molar-refractivity contribution >= 4 is 28.4 Å². The number of nitrogens with two attached hydrogens (primary N) is 1. The Morgan fingerprint density at radius 2 is 1.79 bits per heavy atom. The van der Waals surface area contributed by atoms with Gasteiger partial charge in [0, 0.05) is 63.1 Å². The molecule has 1 aromatic carbocycles. The normalized spacial score (nSPS) is 22.5. The molecule has 0 radical (unpaired) electrons. The van der Waals surface area contributed by atoms with Gasteiger partial charge in [0.15, 0.2) is 5.82 Å². The van der Waals surface area contributed by atoms with Gasteiger partial charge in [-0.05, 0) is 77.1 Å². The SMILES string of the molecule is CCc1nc2c(N)ncc(-c3ccc(N4CCC(N5CCN(C)CC5)CC4)c(OC(C)C)c3)c2nc1NC1CCC(O)C1. The molecule has 3 aromatic rings. The molecule has 0 spiro atoms. The van der Waals surface area contributed by atoms with E-state index in [1.807, 2.05) is 0 Å². The van der Waals surface area contributed by atoms with E-state index in [0.29, 0.717) is 17.4 Å². The Hall–Kier alpha value is -3.21. The fourth-order valence-corrected chi connectivity index (χ4v) is 6.90. The number of fused-ring (bicyclic) bond motifs is 1. The van der Waals surface area contributed by atoms with Crippen molar-refractivity contribution < 1.29 is 9.84 Å². The number of anilines is 3. The summed E-state index contributed by atoms with van der Waals surface area (Å²) in [7, 11) is 2.22. The van der Waals surface area contributed by atoms with Crippen LogP contribution >= 0.6 is 0 Å². The molecule has 3 aliphatic rings. The maximum Gasteiger partial charge on any atom is 0.151 e. The van der Waals surface area contributed by atoms with E-state index in [0.717, 1.165) is 91.5 Å². The van der Waals surface area contributed by atoms with Crippen molar-refractivity contribution in [1.82, 2.24) is 24.8 Å². The average Bonchev–Trinajstić information content (AvgIpc) is 3.41. The fraction of sp³-hybridized carbons (Fsp3) is 0.606. The van der Waals surface area contributed by atoms with E-state index in [-0.39, 0.29) is 18.2 Å². The molecule has 6 rings (SSSR count). The van der Waals surface area contributed by atoms with Crippen LogP contribution in [0, 0.1) is 0 Å². The Morgan fingerprint density at radius 3 is 2.47 bits per heavy atom. The first-order valence-corrected chi connectivity index (χ1v) is 16.2. The number of hydrogen-bond donors (Lipinski definition) is 3. The number of piperazine rings is 1. The number of aliphatic hydroxyl groups is 1. The second-order valence-corrected chi connectivity index (χ2v) is 12.8. The Kier molecular flexibility index (Phi) is 8.88. The van der Waals surface area contributed by atoms with E-state index in [1.54, 1.807) is 6.20 Å². The molecule has 10 heteroatoms. The number of likely N-dealkylation sites (N-methyl/N-ethyl adjacent to an activating group) is 1. The number of benzene rings is 1. The molecule has 4 N–H and O–H groups in total. The number of aryl methyl sites for hydroxylation is 1. The molecule has 2 unspecified atom stereocenters. The topological polar surface area (TPSA) is 116 Å². The molecular weight excluding hydrogens is 540 g/mol. The number of aromatic nitrogens is 3. The van der Waals surface area contributed by atoms with Crippen LogP contribution in [0.2, 0.25) is 0 Å². The van der Waals surface area contributed by atoms with Gasteiger partial charge in [-0.3, -0.25) is 4.90 Å². The highest BCUT2D eigenvalue weighted by molar-refractivity contribution is 5.97. The highest BCUT2D eigenvalue weighted by atomic mass is 16.5. The van der Waals surface area contributed by atoms with E-state index in [1.165, 1.54) is 25.9 Å². The third-order valence-corrected chi connectivity index (χ3v) is 9.37. The zero-order chi connectivity index (χ0) is 30.1. The number of hydrogen-bond acceptors (Lipinski definition) is 10. The van der Waals surface area contributed by atoms with Gasteiger partial charge in [0.05, 0.1) is 23.6 Å². The summed E-state index contributed by atoms with van der Waals surface area (Å²) in [5.41, 5.74) is 11.5. The van der Waals surface area contributed by atoms with Gasteiger partial charge in [-0.1, -0.05) is 13.0 Å². The van der Waals surface area contributed by atoms with Gasteiger partial charge in [-0.25, -0.2) is 15.0 Å². The third-order valence-electron chi connectivity index (χ3n) is 9.37. The van der Waals surface area contributed by atoms with Crippen molar-refractivity contribution in [3.63, 3.8) is 0 Å². The third kappa shape index (κ3) is 6.51. The number of nitrogen functional groups attached to an aromatic ring is 1. The van der Waals surface area contributed by atoms with Crippen molar-refractivity contribution in [2.75, 3.05) is 62.3 Å². The van der Waals surface area contributed by atoms with Gasteiger partial charge in [0.1, 0.15) is 22.6 Å². The monoisotopic (exact) mass is 588 g/mol. The van der Waals surface area contributed by atoms with Gasteiger partial charge >= 0.3 is 0 Å². The van der Waals surface area contributed by atoms with Gasteiger partial charge in [0.25, 0.3) is 0 Å². The number of nitrogens with zero attached hydrogens (tertiary/aromatic N) is 6. The maximum absolute atomic E-state index is 10.1. The summed E-state index contributed by atoms with van der Waals surface area (Å²) in [4.78, 5) is 22.2. The lowest BCUT2D eigenvalue weighted by molar-refractivity contribution is 0.0981. The number of aliphatic hydroxyl groups excluding tert-OH is 1. The highest BCUT2D eigenvalue weighted by Gasteiger charge is 2.29. The van der Waals surface area contributed by atoms with Crippen molar-refractivity contribution in [3.8, 4) is 16.9 Å². The molecule has 43 heavy (non-hydrogen) atoms. The molecule has 10 nitrogen and oxygen atoms in total. The zero-order valence-corrected chi connectivity index (χ0v) is 26.2. The summed E-state index contributed by atoms with van der Waals surface area (Å²) in [5.74, 6) is 2.02. The molecule has 1 aliphatic carbocycles. The quantitative estimate of drug-likeness (QED) is 0.354. The van der Waals surface area contributed by atoms with Gasteiger partial charge in [0.2, 0.25) is 0 Å². The molecule has 4 heterocycles. The van der Waals surface area contributed by atoms with Crippen LogP contribution in [0.3, 0.4) is 0 Å². The largest absolute Gasteiger partial charge is 0.489 e. The van der Waals surface area contributed by atoms with Crippen molar-refractivity contribution in [3.05, 3.63) is 30.1 Å². The first-order valence-electron chi connectivity index (χ1n) is 16.2. The second-order valence-electron chi connectivity index (χ2n) is 12.8. The molecule has 2 aromatic heterocycles. The van der Waals surface area contributed by atoms with Crippen LogP contribution in [0.15, 0.2) is 24.4 Å². The summed E-state index contributed by atoms with van der Waals surface area (Å²) >= 11 is 0. The van der Waals surface area contributed by atoms with E-state index in [9.17, 15) is 5.11 Å². The van der Waals surface area contributed by atoms with Crippen LogP contribution < -0.4 is 20.7 Å². The predicted octanol–water partition coefficient (Wildman–Crippen LogP) is 4.17. The lowest BCUT2D eigenvalue weighted by Crippen LogP contribution is -2.52. The number of pyridine rings is 1. The number of nitrogens with one attached hydrogen (secondary N) is 1. The highest BCUT2D eigenvalue weighted by Crippen LogP contribution is 2.38. The first kappa shape index (κ1) is 29.8. The average molecular weight is 589 g/mol. The predicted molar refractivity (Wildman–Crippen MR) is 174 cm³/mol. The molecule has 0 amide bonds. The Bertz CT molecular complexity index is 1420. The standard InChI is InChI=1S/C33H48N8O2/c1-5-27-33(36-23-7-8-25(42)19-23)38-30-26(20-35-32(34)31(30)37-27)22-6-9-28(29(18-22)43-21(2)3)41-12-10-24(11-13-41)40-16-14-39(4)15-17-40/h6,9,18,20-21,23-25,42H,5,7-8,10-17,19H2,1-4H3,(H2,34,35)(H,36,38). The summed E-state index contributed by atoms with van der Waals surface area (Å²) in [6.45, 7) is 12.9. The minimum atomic E-state index is -0.262. The van der Waals surface area contributed by atoms with Crippen LogP contribution in [0.1, 0.15) is 58.6 Å². The van der Waals surface area contributed by atoms with E-state index in [4.69, 9.17) is 20.4 Å². The lowest BCUT2D eigenvalue weighted by Gasteiger charge is -2.42. The smallest absolute Gasteiger partial charge is 0.151 e. The van der Waals surface area contributed by atoms with E-state index >= 15 is 0 Å². The molecule has 1 saturated carbocycles. The molecular formula is C33H48N8O2. The van der Waals surface area contributed by atoms with Gasteiger partial charge in [-0.2, -0.15) is 0 Å². The summed E-state index contributed by atoms with van der Waals surface area (Å²) in [6, 6.07) is 7.31. The van der Waals surface area contributed by atoms with Crippen LogP contribution in [0.25, 0.3) is 22.2 Å². The molecule has 232 valence electrons. The number of ether oxygens (including phenoxy) is 1. The lowest BCUT2D eigenvalue weighted by atomic mass is 10.00. The second kappa shape index (κ2) is 12.8. The Morgan fingerprint density at radius 1 is 1.02 bits per heavy atom. The minimum Gasteiger partial charge on any atom is -0.489 e. The van der Waals surface area contributed by atoms with E-state index in [2.05, 4.69) is 71.0 Å². The minimum absolute atomic E-state index is 0.0441. The van der Waals surface area contributed by atoms with Crippen molar-refractivity contribution in [2.24, 2.45) is 0 Å². The van der Waals surface area contributed by atoms with Crippen LogP contribution in [-0.4, -0.2) is 100 Å². The first-order chi connectivity index (χ1) is 20.8. The molecule has 2 atom stereocenters. The van der Waals surface area contributed by atoms with Crippen LogP contribution in [-0.2, 0) is 6.42 Å². The van der Waals surface area contributed by atoms with Crippen LogP contribution in [0.4, 0.5) is 17.3 Å². The number of piperidine rings is 1. The van der Waals surface area contributed by atoms with Crippen LogP contribution in [0.5, 0.6) is 5.75 Å². The van der Waals surface area contributed by atoms with Crippen molar-refractivity contribution in [2.45, 2.75) is 83.6 Å². The maximum atomic E-state index is 10.1. The zero-order valence-electron chi connectivity index (χ0n) is 26.2. The molecule has 3 fully saturated rings.